The molecule has 3 saturated heterocycles. The fourth-order valence-electron chi connectivity index (χ4n) is 9.82. The highest BCUT2D eigenvalue weighted by molar-refractivity contribution is 6.24. The minimum atomic E-state index is -2.87. The van der Waals surface area contributed by atoms with Crippen LogP contribution in [0.1, 0.15) is 101 Å². The third kappa shape index (κ3) is 8.10. The van der Waals surface area contributed by atoms with Crippen LogP contribution in [0, 0.1) is 11.8 Å². The lowest BCUT2D eigenvalue weighted by Crippen LogP contribution is -2.48. The molecule has 0 bridgehead atoms. The van der Waals surface area contributed by atoms with Crippen LogP contribution in [-0.2, 0) is 9.53 Å². The lowest BCUT2D eigenvalue weighted by molar-refractivity contribution is -0.121. The molecule has 322 valence electrons. The van der Waals surface area contributed by atoms with Gasteiger partial charge in [0.25, 0.3) is 24.1 Å². The fourth-order valence-corrected chi connectivity index (χ4v) is 9.82. The Morgan fingerprint density at radius 2 is 1.70 bits per heavy atom. The topological polar surface area (TPSA) is 163 Å². The molecule has 18 heteroatoms. The number of ether oxygens (including phenoxy) is 1. The zero-order valence-corrected chi connectivity index (χ0v) is 34.3. The highest BCUT2D eigenvalue weighted by Crippen LogP contribution is 2.38. The van der Waals surface area contributed by atoms with E-state index in [2.05, 4.69) is 54.1 Å². The maximum absolute atomic E-state index is 14.3. The predicted octanol–water partition coefficient (Wildman–Crippen LogP) is 4.92. The molecule has 4 amide bonds. The highest BCUT2D eigenvalue weighted by Gasteiger charge is 2.44. The van der Waals surface area contributed by atoms with Gasteiger partial charge in [0.2, 0.25) is 5.91 Å². The molecule has 1 unspecified atom stereocenters. The van der Waals surface area contributed by atoms with Crippen molar-refractivity contribution in [3.05, 3.63) is 77.5 Å². The number of aromatic nitrogens is 5. The second-order valence-electron chi connectivity index (χ2n) is 17.0. The standard InChI is InChI=1S/C43H51F2N11O5/c1-26-33(10-11-36(57)47-26)56-42(59)30-4-3-5-34(37(30)43(56)60)52-15-12-28(13-16-52)24-51(2)23-27-6-8-29(9-7-27)55-25-32(38(50-55)39(44)45)48-41(58)31-22-46-54-17-14-35(49-40(31)54)53-18-20-61-21-19-53/h3-5,14,17,22,25,27-29,33,39H,1,6-13,15-16,18-21,23-24H2,2H3,(H,47,57)(H,48,58). The second-order valence-corrected chi connectivity index (χ2v) is 17.0. The zero-order valence-electron chi connectivity index (χ0n) is 34.3. The molecular weight excluding hydrogens is 789 g/mol. The molecule has 7 heterocycles. The summed E-state index contributed by atoms with van der Waals surface area (Å²) in [7, 11) is 2.16. The van der Waals surface area contributed by atoms with E-state index in [9.17, 15) is 28.0 Å². The van der Waals surface area contributed by atoms with Crippen molar-refractivity contribution < 1.29 is 32.7 Å². The monoisotopic (exact) mass is 839 g/mol. The van der Waals surface area contributed by atoms with Crippen LogP contribution >= 0.6 is 0 Å². The number of benzene rings is 1. The van der Waals surface area contributed by atoms with Crippen molar-refractivity contribution in [2.24, 2.45) is 11.8 Å². The molecule has 1 aliphatic carbocycles. The zero-order chi connectivity index (χ0) is 42.4. The number of carbonyl (C=O) groups excluding carboxylic acids is 4. The molecule has 4 aliphatic heterocycles. The van der Waals surface area contributed by atoms with Gasteiger partial charge < -0.3 is 30.1 Å². The van der Waals surface area contributed by atoms with Gasteiger partial charge in [0.05, 0.1) is 54.0 Å². The van der Waals surface area contributed by atoms with E-state index in [1.807, 2.05) is 18.2 Å². The number of morpholine rings is 1. The number of hydrogen-bond donors (Lipinski definition) is 2. The molecule has 2 N–H and O–H groups in total. The van der Waals surface area contributed by atoms with Crippen LogP contribution in [0.25, 0.3) is 5.65 Å². The molecule has 3 aromatic heterocycles. The summed E-state index contributed by atoms with van der Waals surface area (Å²) in [6.07, 6.45) is 7.73. The first-order chi connectivity index (χ1) is 29.5. The number of halogens is 2. The summed E-state index contributed by atoms with van der Waals surface area (Å²) in [6.45, 7) is 9.85. The van der Waals surface area contributed by atoms with Gasteiger partial charge in [0.15, 0.2) is 11.3 Å². The average molecular weight is 840 g/mol. The molecule has 4 fully saturated rings. The summed E-state index contributed by atoms with van der Waals surface area (Å²) in [4.78, 5) is 65.2. The van der Waals surface area contributed by atoms with Gasteiger partial charge >= 0.3 is 0 Å². The lowest BCUT2D eigenvalue weighted by atomic mass is 9.85. The first kappa shape index (κ1) is 40.6. The van der Waals surface area contributed by atoms with E-state index in [1.54, 1.807) is 16.9 Å². The fraction of sp³-hybridized carbons (Fsp3) is 0.512. The number of alkyl halides is 2. The Bertz CT molecular complexity index is 2340. The van der Waals surface area contributed by atoms with E-state index in [1.165, 1.54) is 21.8 Å². The molecule has 1 saturated carbocycles. The first-order valence-electron chi connectivity index (χ1n) is 21.3. The SMILES string of the molecule is C=C1NC(=O)CCC1N1C(=O)c2cccc(N3CCC(CN(C)CC4CCC(n5cc(NC(=O)c6cnn7ccc(N8CCOCC8)nc67)c(C(F)F)n5)CC4)CC3)c2C1=O. The molecule has 61 heavy (non-hydrogen) atoms. The van der Waals surface area contributed by atoms with Crippen LogP contribution < -0.4 is 20.4 Å². The normalized spacial score (nSPS) is 22.8. The number of anilines is 3. The van der Waals surface area contributed by atoms with E-state index in [4.69, 9.17) is 4.74 Å². The molecule has 5 aliphatic rings. The van der Waals surface area contributed by atoms with Crippen molar-refractivity contribution in [2.75, 3.05) is 74.6 Å². The minimum Gasteiger partial charge on any atom is -0.378 e. The Morgan fingerprint density at radius 3 is 2.43 bits per heavy atom. The van der Waals surface area contributed by atoms with Gasteiger partial charge in [-0.15, -0.1) is 0 Å². The van der Waals surface area contributed by atoms with E-state index in [0.29, 0.717) is 72.8 Å². The van der Waals surface area contributed by atoms with Gasteiger partial charge in [-0.3, -0.25) is 28.8 Å². The van der Waals surface area contributed by atoms with E-state index >= 15 is 0 Å². The molecule has 0 radical (unpaired) electrons. The lowest BCUT2D eigenvalue weighted by Gasteiger charge is -2.37. The van der Waals surface area contributed by atoms with Crippen LogP contribution in [0.15, 0.2) is 55.1 Å². The van der Waals surface area contributed by atoms with Gasteiger partial charge in [-0.25, -0.2) is 18.3 Å². The third-order valence-corrected chi connectivity index (χ3v) is 13.0. The van der Waals surface area contributed by atoms with Gasteiger partial charge in [0.1, 0.15) is 11.4 Å². The smallest absolute Gasteiger partial charge is 0.284 e. The van der Waals surface area contributed by atoms with E-state index < -0.39 is 24.1 Å². The number of carbonyl (C=O) groups is 4. The van der Waals surface area contributed by atoms with Crippen molar-refractivity contribution in [3.8, 4) is 0 Å². The van der Waals surface area contributed by atoms with Crippen LogP contribution in [0.2, 0.25) is 0 Å². The quantitative estimate of drug-likeness (QED) is 0.197. The van der Waals surface area contributed by atoms with E-state index in [0.717, 1.165) is 70.4 Å². The molecule has 0 spiro atoms. The number of imide groups is 1. The number of nitrogens with one attached hydrogen (secondary N) is 2. The Balaban J connectivity index is 0.765. The number of fused-ring (bicyclic) bond motifs is 2. The molecule has 4 aromatic rings. The number of piperidine rings is 2. The Hall–Kier alpha value is -5.75. The van der Waals surface area contributed by atoms with Gasteiger partial charge in [-0.05, 0) is 82.0 Å². The van der Waals surface area contributed by atoms with Gasteiger partial charge in [-0.2, -0.15) is 10.2 Å². The van der Waals surface area contributed by atoms with Gasteiger partial charge in [-0.1, -0.05) is 12.6 Å². The number of rotatable bonds is 11. The predicted molar refractivity (Wildman–Crippen MR) is 222 cm³/mol. The number of amides is 4. The average Bonchev–Trinajstić information content (AvgIpc) is 3.96. The molecule has 9 rings (SSSR count). The van der Waals surface area contributed by atoms with Crippen LogP contribution in [0.3, 0.4) is 0 Å². The molecule has 1 atom stereocenters. The van der Waals surface area contributed by atoms with Crippen molar-refractivity contribution in [1.29, 1.82) is 0 Å². The summed E-state index contributed by atoms with van der Waals surface area (Å²) in [6, 6.07) is 6.67. The van der Waals surface area contributed by atoms with Crippen molar-refractivity contribution >= 4 is 46.5 Å². The van der Waals surface area contributed by atoms with Crippen LogP contribution in [0.5, 0.6) is 0 Å². The van der Waals surface area contributed by atoms with Crippen molar-refractivity contribution in [2.45, 2.75) is 69.9 Å². The molecule has 16 nitrogen and oxygen atoms in total. The highest BCUT2D eigenvalue weighted by atomic mass is 19.3. The maximum Gasteiger partial charge on any atom is 0.284 e. The first-order valence-corrected chi connectivity index (χ1v) is 21.3. The maximum atomic E-state index is 14.3. The summed E-state index contributed by atoms with van der Waals surface area (Å²) in [5.74, 6) is 0.212. The van der Waals surface area contributed by atoms with Crippen molar-refractivity contribution in [1.82, 2.24) is 39.5 Å². The largest absolute Gasteiger partial charge is 0.378 e. The van der Waals surface area contributed by atoms with E-state index in [-0.39, 0.29) is 41.4 Å². The van der Waals surface area contributed by atoms with Crippen LogP contribution in [0.4, 0.5) is 26.0 Å². The second kappa shape index (κ2) is 17.0. The number of hydrogen-bond acceptors (Lipinski definition) is 11. The minimum absolute atomic E-state index is 0.0164. The summed E-state index contributed by atoms with van der Waals surface area (Å²) >= 11 is 0. The summed E-state index contributed by atoms with van der Waals surface area (Å²) < 4.78 is 37.1. The Morgan fingerprint density at radius 1 is 0.967 bits per heavy atom. The Labute approximate surface area is 351 Å². The third-order valence-electron chi connectivity index (χ3n) is 13.0. The Kier molecular flexibility index (Phi) is 11.3. The summed E-state index contributed by atoms with van der Waals surface area (Å²) in [5, 5.41) is 13.9. The van der Waals surface area contributed by atoms with Gasteiger partial charge in [0, 0.05) is 63.8 Å². The van der Waals surface area contributed by atoms with Crippen molar-refractivity contribution in [3.63, 3.8) is 0 Å². The molecular formula is C43H51F2N11O5. The van der Waals surface area contributed by atoms with Crippen LogP contribution in [-0.4, -0.2) is 123 Å². The summed E-state index contributed by atoms with van der Waals surface area (Å²) in [5.41, 5.74) is 2.03. The molecule has 1 aromatic carbocycles. The number of nitrogens with zero attached hydrogens (tertiary/aromatic N) is 9.